The van der Waals surface area contributed by atoms with Gasteiger partial charge in [0, 0.05) is 11.6 Å². The third-order valence-corrected chi connectivity index (χ3v) is 5.88. The lowest BCUT2D eigenvalue weighted by molar-refractivity contribution is 0.322. The molecule has 0 amide bonds. The Balaban J connectivity index is 2.32. The predicted molar refractivity (Wildman–Crippen MR) is 111 cm³/mol. The molecule has 0 spiro atoms. The molecule has 2 atom stereocenters. The van der Waals surface area contributed by atoms with Crippen LogP contribution in [0.4, 0.5) is 4.39 Å². The monoisotopic (exact) mass is 426 g/mol. The molecule has 0 bridgehead atoms. The fourth-order valence-corrected chi connectivity index (χ4v) is 3.48. The molecule has 0 saturated heterocycles. The van der Waals surface area contributed by atoms with E-state index in [4.69, 9.17) is 21.5 Å². The summed E-state index contributed by atoms with van der Waals surface area (Å²) in [6.45, 7) is 7.43. The maximum absolute atomic E-state index is 15.2. The van der Waals surface area contributed by atoms with Gasteiger partial charge in [-0.1, -0.05) is 29.7 Å². The van der Waals surface area contributed by atoms with Crippen LogP contribution in [0.2, 0.25) is 5.02 Å². The summed E-state index contributed by atoms with van der Waals surface area (Å²) in [4.78, 5) is 0. The van der Waals surface area contributed by atoms with Gasteiger partial charge in [0.25, 0.3) is 0 Å². The average Bonchev–Trinajstić information content (AvgIpc) is 2.64. The van der Waals surface area contributed by atoms with E-state index in [1.165, 1.54) is 6.21 Å². The largest absolute Gasteiger partial charge is 0.453 e. The normalized spacial score (nSPS) is 14.2. The van der Waals surface area contributed by atoms with Gasteiger partial charge < -0.3 is 9.94 Å². The highest BCUT2D eigenvalue weighted by molar-refractivity contribution is 7.84. The second-order valence-electron chi connectivity index (χ2n) is 7.16. The average molecular weight is 427 g/mol. The number of hydrogen-bond donors (Lipinski definition) is 2. The Morgan fingerprint density at radius 1 is 1.29 bits per heavy atom. The van der Waals surface area contributed by atoms with Crippen LogP contribution in [0.15, 0.2) is 41.6 Å². The molecule has 8 heteroatoms. The van der Waals surface area contributed by atoms with Crippen molar-refractivity contribution >= 4 is 28.8 Å². The highest BCUT2D eigenvalue weighted by atomic mass is 35.5. The maximum Gasteiger partial charge on any atom is 0.181 e. The van der Waals surface area contributed by atoms with Gasteiger partial charge >= 0.3 is 0 Å². The van der Waals surface area contributed by atoms with Crippen molar-refractivity contribution in [3.05, 3.63) is 58.4 Å². The van der Waals surface area contributed by atoms with Gasteiger partial charge in [0.15, 0.2) is 11.6 Å². The van der Waals surface area contributed by atoms with Crippen LogP contribution in [0, 0.1) is 5.82 Å². The van der Waals surface area contributed by atoms with E-state index in [1.807, 2.05) is 27.7 Å². The summed E-state index contributed by atoms with van der Waals surface area (Å²) in [5.74, 6) is -0.310. The number of halogens is 2. The summed E-state index contributed by atoms with van der Waals surface area (Å²) < 4.78 is 35.8. The Morgan fingerprint density at radius 3 is 2.46 bits per heavy atom. The number of hydrogen-bond acceptors (Lipinski definition) is 4. The first-order chi connectivity index (χ1) is 13.2. The zero-order chi connectivity index (χ0) is 20.9. The number of ether oxygens (including phenoxy) is 1. The second kappa shape index (κ2) is 9.49. The van der Waals surface area contributed by atoms with Gasteiger partial charge in [0.2, 0.25) is 0 Å². The highest BCUT2D eigenvalue weighted by Crippen LogP contribution is 2.36. The molecule has 2 aromatic rings. The molecule has 2 rings (SSSR count). The number of benzene rings is 2. The van der Waals surface area contributed by atoms with E-state index in [1.54, 1.807) is 36.4 Å². The van der Waals surface area contributed by atoms with Crippen LogP contribution in [-0.2, 0) is 11.0 Å². The zero-order valence-corrected chi connectivity index (χ0v) is 17.8. The lowest BCUT2D eigenvalue weighted by atomic mass is 10.0. The van der Waals surface area contributed by atoms with E-state index >= 15 is 4.39 Å². The van der Waals surface area contributed by atoms with E-state index in [2.05, 4.69) is 9.88 Å². The lowest BCUT2D eigenvalue weighted by Gasteiger charge is -2.24. The maximum atomic E-state index is 15.2. The van der Waals surface area contributed by atoms with Gasteiger partial charge in [-0.2, -0.15) is 0 Å². The minimum Gasteiger partial charge on any atom is -0.453 e. The van der Waals surface area contributed by atoms with Crippen molar-refractivity contribution in [1.82, 2.24) is 4.72 Å². The van der Waals surface area contributed by atoms with Gasteiger partial charge in [-0.25, -0.2) is 13.3 Å². The van der Waals surface area contributed by atoms with Crippen molar-refractivity contribution in [2.24, 2.45) is 5.16 Å². The molecule has 0 saturated carbocycles. The molecule has 0 unspecified atom stereocenters. The van der Waals surface area contributed by atoms with E-state index in [9.17, 15) is 4.21 Å². The summed E-state index contributed by atoms with van der Waals surface area (Å²) in [5, 5.41) is 11.6. The molecule has 5 nitrogen and oxygen atoms in total. The fraction of sp³-hybridized carbons (Fsp3) is 0.350. The summed E-state index contributed by atoms with van der Waals surface area (Å²) >= 11 is 6.16. The number of rotatable bonds is 7. The van der Waals surface area contributed by atoms with Gasteiger partial charge in [0.1, 0.15) is 5.75 Å². The van der Waals surface area contributed by atoms with E-state index in [0.29, 0.717) is 23.3 Å². The van der Waals surface area contributed by atoms with E-state index < -0.39 is 27.6 Å². The van der Waals surface area contributed by atoms with Crippen LogP contribution in [0.5, 0.6) is 11.5 Å². The van der Waals surface area contributed by atoms with E-state index in [-0.39, 0.29) is 10.8 Å². The molecule has 0 heterocycles. The molecule has 0 aromatic heterocycles. The van der Waals surface area contributed by atoms with Crippen molar-refractivity contribution in [1.29, 1.82) is 0 Å². The van der Waals surface area contributed by atoms with Gasteiger partial charge in [-0.05, 0) is 63.1 Å². The van der Waals surface area contributed by atoms with Crippen LogP contribution < -0.4 is 9.46 Å². The summed E-state index contributed by atoms with van der Waals surface area (Å²) in [7, 11) is -1.35. The highest BCUT2D eigenvalue weighted by Gasteiger charge is 2.26. The molecule has 2 aromatic carbocycles. The minimum atomic E-state index is -1.35. The summed E-state index contributed by atoms with van der Waals surface area (Å²) in [6, 6.07) is 9.23. The Bertz CT molecular complexity index is 867. The summed E-state index contributed by atoms with van der Waals surface area (Å²) in [5.41, 5.74) is 0.999. The van der Waals surface area contributed by atoms with Gasteiger partial charge in [0.05, 0.1) is 27.0 Å². The zero-order valence-electron chi connectivity index (χ0n) is 16.2. The smallest absolute Gasteiger partial charge is 0.181 e. The number of nitrogens with zero attached hydrogens (tertiary/aromatic N) is 1. The third kappa shape index (κ3) is 5.53. The lowest BCUT2D eigenvalue weighted by Crippen LogP contribution is -2.35. The minimum absolute atomic E-state index is 0.0930. The molecule has 28 heavy (non-hydrogen) atoms. The second-order valence-corrected chi connectivity index (χ2v) is 9.56. The molecule has 0 aliphatic heterocycles. The molecule has 0 fully saturated rings. The standard InChI is InChI=1S/C20H24ClFN2O3S/c1-5-17(24-28(26)20(2,3)4)15-10-11-16(21)19(18(15)22)27-14-8-6-13(7-9-14)12-23-25/h6-12,17,24-25H,5H2,1-4H3/t17-,28-/m1/s1. The number of nitrogens with one attached hydrogen (secondary N) is 1. The van der Waals surface area contributed by atoms with Crippen LogP contribution in [0.1, 0.15) is 51.3 Å². The summed E-state index contributed by atoms with van der Waals surface area (Å²) in [6.07, 6.45) is 1.81. The topological polar surface area (TPSA) is 70.9 Å². The van der Waals surface area contributed by atoms with Crippen molar-refractivity contribution < 1.29 is 18.5 Å². The van der Waals surface area contributed by atoms with Gasteiger partial charge in [-0.3, -0.25) is 0 Å². The molecule has 2 N–H and O–H groups in total. The fourth-order valence-electron chi connectivity index (χ4n) is 2.39. The third-order valence-electron chi connectivity index (χ3n) is 3.97. The van der Waals surface area contributed by atoms with Gasteiger partial charge in [-0.15, -0.1) is 0 Å². The molecule has 152 valence electrons. The molecular formula is C20H24ClFN2O3S. The molecular weight excluding hydrogens is 403 g/mol. The first-order valence-electron chi connectivity index (χ1n) is 8.78. The Kier molecular flexibility index (Phi) is 7.57. The van der Waals surface area contributed by atoms with E-state index in [0.717, 1.165) is 0 Å². The SMILES string of the molecule is CC[C@@H](N[S@](=O)C(C)(C)C)c1ccc(Cl)c(Oc2ccc(C=NO)cc2)c1F. The molecule has 0 aliphatic carbocycles. The van der Waals surface area contributed by atoms with Crippen molar-refractivity contribution in [3.63, 3.8) is 0 Å². The van der Waals surface area contributed by atoms with Crippen LogP contribution in [0.3, 0.4) is 0 Å². The quantitative estimate of drug-likeness (QED) is 0.344. The Hall–Kier alpha value is -1.96. The van der Waals surface area contributed by atoms with Crippen LogP contribution in [0.25, 0.3) is 0 Å². The Labute approximate surface area is 172 Å². The Morgan fingerprint density at radius 2 is 1.93 bits per heavy atom. The van der Waals surface area contributed by atoms with Crippen molar-refractivity contribution in [3.8, 4) is 11.5 Å². The first kappa shape index (κ1) is 22.3. The number of oxime groups is 1. The molecule has 0 aliphatic rings. The predicted octanol–water partition coefficient (Wildman–Crippen LogP) is 5.58. The van der Waals surface area contributed by atoms with Crippen LogP contribution in [-0.4, -0.2) is 20.4 Å². The molecule has 0 radical (unpaired) electrons. The van der Waals surface area contributed by atoms with Crippen molar-refractivity contribution in [2.75, 3.05) is 0 Å². The van der Waals surface area contributed by atoms with Crippen molar-refractivity contribution in [2.45, 2.75) is 44.9 Å². The van der Waals surface area contributed by atoms with Crippen LogP contribution >= 0.6 is 11.6 Å². The first-order valence-corrected chi connectivity index (χ1v) is 10.3.